The van der Waals surface area contributed by atoms with Crippen molar-refractivity contribution >= 4 is 21.4 Å². The zero-order chi connectivity index (χ0) is 21.2. The Hall–Kier alpha value is -2.22. The minimum Gasteiger partial charge on any atom is -0.381 e. The van der Waals surface area contributed by atoms with Gasteiger partial charge in [0.25, 0.3) is 0 Å². The van der Waals surface area contributed by atoms with Crippen molar-refractivity contribution < 1.29 is 21.6 Å². The number of sulfonamides is 1. The minimum absolute atomic E-state index is 0.240. The molecule has 0 spiro atoms. The number of hydrogen-bond acceptors (Lipinski definition) is 3. The fourth-order valence-electron chi connectivity index (χ4n) is 2.48. The summed E-state index contributed by atoms with van der Waals surface area (Å²) < 4.78 is 64.9. The summed E-state index contributed by atoms with van der Waals surface area (Å²) in [6, 6.07) is 10.8. The Kier molecular flexibility index (Phi) is 6.33. The van der Waals surface area contributed by atoms with Crippen LogP contribution in [0.1, 0.15) is 44.4 Å². The first-order valence-electron chi connectivity index (χ1n) is 8.89. The molecule has 0 fully saturated rings. The van der Waals surface area contributed by atoms with Crippen LogP contribution in [-0.2, 0) is 29.2 Å². The number of aryl methyl sites for hydroxylation is 1. The Morgan fingerprint density at radius 2 is 1.50 bits per heavy atom. The summed E-state index contributed by atoms with van der Waals surface area (Å²) in [6.45, 7) is 6.93. The lowest BCUT2D eigenvalue weighted by Crippen LogP contribution is -2.33. The summed E-state index contributed by atoms with van der Waals surface area (Å²) in [5.41, 5.74) is 1.56. The standard InChI is InChI=1S/C20H25F3N2O2S/c1-5-15-12-17(10-11-18(15)20(21,22)23)24-13-14-6-8-16(9-7-14)25-28(26,27)19(2,3)4/h6-12,24-25H,5,13H2,1-4H3. The van der Waals surface area contributed by atoms with Gasteiger partial charge in [0.15, 0.2) is 0 Å². The molecule has 4 nitrogen and oxygen atoms in total. The monoisotopic (exact) mass is 414 g/mol. The van der Waals surface area contributed by atoms with Gasteiger partial charge in [0.2, 0.25) is 10.0 Å². The van der Waals surface area contributed by atoms with Crippen LogP contribution in [0.25, 0.3) is 0 Å². The van der Waals surface area contributed by atoms with E-state index in [0.717, 1.165) is 11.6 Å². The molecule has 8 heteroatoms. The predicted octanol–water partition coefficient (Wildman–Crippen LogP) is 5.42. The van der Waals surface area contributed by atoms with Gasteiger partial charge in [0, 0.05) is 17.9 Å². The molecular formula is C20H25F3N2O2S. The molecule has 2 N–H and O–H groups in total. The molecule has 0 aliphatic carbocycles. The number of alkyl halides is 3. The first-order valence-corrected chi connectivity index (χ1v) is 10.4. The highest BCUT2D eigenvalue weighted by Gasteiger charge is 2.32. The molecule has 2 rings (SSSR count). The largest absolute Gasteiger partial charge is 0.416 e. The normalized spacial score (nSPS) is 12.7. The van der Waals surface area contributed by atoms with Crippen LogP contribution in [0.3, 0.4) is 0 Å². The maximum absolute atomic E-state index is 13.0. The molecule has 0 saturated carbocycles. The molecule has 2 aromatic rings. The maximum atomic E-state index is 13.0. The van der Waals surface area contributed by atoms with Crippen LogP contribution in [0.2, 0.25) is 0 Å². The van der Waals surface area contributed by atoms with Crippen molar-refractivity contribution in [2.75, 3.05) is 10.0 Å². The van der Waals surface area contributed by atoms with Crippen molar-refractivity contribution in [1.82, 2.24) is 0 Å². The molecule has 28 heavy (non-hydrogen) atoms. The Bertz CT molecular complexity index is 916. The maximum Gasteiger partial charge on any atom is 0.416 e. The highest BCUT2D eigenvalue weighted by atomic mass is 32.2. The average molecular weight is 414 g/mol. The lowest BCUT2D eigenvalue weighted by atomic mass is 10.0. The van der Waals surface area contributed by atoms with Gasteiger partial charge >= 0.3 is 6.18 Å². The molecule has 0 aliphatic heterocycles. The quantitative estimate of drug-likeness (QED) is 0.664. The van der Waals surface area contributed by atoms with Crippen LogP contribution in [0.5, 0.6) is 0 Å². The molecular weight excluding hydrogens is 389 g/mol. The van der Waals surface area contributed by atoms with Gasteiger partial charge in [0.05, 0.1) is 10.3 Å². The first kappa shape index (κ1) is 22.1. The summed E-state index contributed by atoms with van der Waals surface area (Å²) in [5.74, 6) is 0. The van der Waals surface area contributed by atoms with E-state index in [1.54, 1.807) is 52.0 Å². The summed E-state index contributed by atoms with van der Waals surface area (Å²) >= 11 is 0. The second-order valence-electron chi connectivity index (χ2n) is 7.49. The summed E-state index contributed by atoms with van der Waals surface area (Å²) in [5, 5.41) is 3.10. The van der Waals surface area contributed by atoms with Gasteiger partial charge in [-0.1, -0.05) is 19.1 Å². The Morgan fingerprint density at radius 3 is 2.00 bits per heavy atom. The van der Waals surface area contributed by atoms with E-state index in [1.807, 2.05) is 0 Å². The first-order chi connectivity index (χ1) is 12.8. The lowest BCUT2D eigenvalue weighted by molar-refractivity contribution is -0.138. The van der Waals surface area contributed by atoms with Crippen LogP contribution in [0, 0.1) is 0 Å². The van der Waals surface area contributed by atoms with E-state index in [1.165, 1.54) is 12.1 Å². The van der Waals surface area contributed by atoms with Gasteiger partial charge in [-0.2, -0.15) is 13.2 Å². The molecule has 2 aromatic carbocycles. The number of rotatable bonds is 6. The van der Waals surface area contributed by atoms with Crippen LogP contribution in [0.4, 0.5) is 24.5 Å². The molecule has 0 radical (unpaired) electrons. The Morgan fingerprint density at radius 1 is 0.929 bits per heavy atom. The molecule has 0 aliphatic rings. The number of hydrogen-bond donors (Lipinski definition) is 2. The molecule has 0 heterocycles. The smallest absolute Gasteiger partial charge is 0.381 e. The van der Waals surface area contributed by atoms with E-state index in [0.29, 0.717) is 17.9 Å². The number of nitrogens with one attached hydrogen (secondary N) is 2. The van der Waals surface area contributed by atoms with Gasteiger partial charge < -0.3 is 5.32 Å². The van der Waals surface area contributed by atoms with Crippen molar-refractivity contribution in [2.24, 2.45) is 0 Å². The van der Waals surface area contributed by atoms with Crippen LogP contribution in [0.15, 0.2) is 42.5 Å². The molecule has 0 atom stereocenters. The second kappa shape index (κ2) is 8.03. The van der Waals surface area contributed by atoms with E-state index in [4.69, 9.17) is 0 Å². The van der Waals surface area contributed by atoms with E-state index >= 15 is 0 Å². The third kappa shape index (κ3) is 5.41. The number of anilines is 2. The van der Waals surface area contributed by atoms with Crippen molar-refractivity contribution in [1.29, 1.82) is 0 Å². The molecule has 0 unspecified atom stereocenters. The van der Waals surface area contributed by atoms with Gasteiger partial charge in [-0.25, -0.2) is 8.42 Å². The minimum atomic E-state index is -4.36. The molecule has 154 valence electrons. The highest BCUT2D eigenvalue weighted by Crippen LogP contribution is 2.33. The van der Waals surface area contributed by atoms with Gasteiger partial charge in [-0.3, -0.25) is 4.72 Å². The van der Waals surface area contributed by atoms with E-state index in [2.05, 4.69) is 10.0 Å². The number of benzene rings is 2. The summed E-state index contributed by atoms with van der Waals surface area (Å²) in [4.78, 5) is 0. The SMILES string of the molecule is CCc1cc(NCc2ccc(NS(=O)(=O)C(C)(C)C)cc2)ccc1C(F)(F)F. The van der Waals surface area contributed by atoms with Crippen molar-refractivity contribution in [2.45, 2.75) is 51.6 Å². The molecule has 0 amide bonds. The Labute approximate surface area is 164 Å². The summed E-state index contributed by atoms with van der Waals surface area (Å²) in [7, 11) is -3.50. The molecule has 0 bridgehead atoms. The predicted molar refractivity (Wildman–Crippen MR) is 107 cm³/mol. The molecule has 0 aromatic heterocycles. The third-order valence-corrected chi connectivity index (χ3v) is 6.42. The van der Waals surface area contributed by atoms with E-state index in [-0.39, 0.29) is 12.0 Å². The fraction of sp³-hybridized carbons (Fsp3) is 0.400. The zero-order valence-corrected chi connectivity index (χ0v) is 17.1. The van der Waals surface area contributed by atoms with Crippen LogP contribution < -0.4 is 10.0 Å². The lowest BCUT2D eigenvalue weighted by Gasteiger charge is -2.20. The van der Waals surface area contributed by atoms with E-state index < -0.39 is 26.5 Å². The van der Waals surface area contributed by atoms with Crippen molar-refractivity contribution in [3.05, 3.63) is 59.2 Å². The fourth-order valence-corrected chi connectivity index (χ4v) is 3.23. The number of halogens is 3. The second-order valence-corrected chi connectivity index (χ2v) is 9.93. The Balaban J connectivity index is 2.06. The highest BCUT2D eigenvalue weighted by molar-refractivity contribution is 7.94. The summed E-state index contributed by atoms with van der Waals surface area (Å²) in [6.07, 6.45) is -4.08. The average Bonchev–Trinajstić information content (AvgIpc) is 2.58. The van der Waals surface area contributed by atoms with Crippen LogP contribution >= 0.6 is 0 Å². The zero-order valence-electron chi connectivity index (χ0n) is 16.3. The van der Waals surface area contributed by atoms with E-state index in [9.17, 15) is 21.6 Å². The van der Waals surface area contributed by atoms with Crippen molar-refractivity contribution in [3.63, 3.8) is 0 Å². The topological polar surface area (TPSA) is 58.2 Å². The van der Waals surface area contributed by atoms with Crippen molar-refractivity contribution in [3.8, 4) is 0 Å². The van der Waals surface area contributed by atoms with Gasteiger partial charge in [-0.15, -0.1) is 0 Å². The molecule has 0 saturated heterocycles. The third-order valence-electron chi connectivity index (χ3n) is 4.30. The van der Waals surface area contributed by atoms with Gasteiger partial charge in [-0.05, 0) is 68.7 Å². The van der Waals surface area contributed by atoms with Gasteiger partial charge in [0.1, 0.15) is 0 Å². The van der Waals surface area contributed by atoms with Crippen LogP contribution in [-0.4, -0.2) is 13.2 Å².